The zero-order valence-corrected chi connectivity index (χ0v) is 20.7. The first-order valence-corrected chi connectivity index (χ1v) is 12.1. The number of benzene rings is 3. The average Bonchev–Trinajstić information content (AvgIpc) is 3.11. The van der Waals surface area contributed by atoms with Crippen LogP contribution >= 0.6 is 24.0 Å². The predicted octanol–water partition coefficient (Wildman–Crippen LogP) is 6.29. The predicted molar refractivity (Wildman–Crippen MR) is 142 cm³/mol. The fraction of sp³-hybridized carbons (Fsp3) is 0.154. The Balaban J connectivity index is 1.52. The van der Waals surface area contributed by atoms with Crippen molar-refractivity contribution >= 4 is 51.7 Å². The molecule has 35 heavy (non-hydrogen) atoms. The topological polar surface area (TPSA) is 81.9 Å². The van der Waals surface area contributed by atoms with Crippen LogP contribution < -0.4 is 14.4 Å². The van der Waals surface area contributed by atoms with E-state index in [0.717, 1.165) is 22.4 Å². The van der Waals surface area contributed by atoms with Crippen molar-refractivity contribution in [3.05, 3.63) is 98.4 Å². The monoisotopic (exact) mass is 506 g/mol. The summed E-state index contributed by atoms with van der Waals surface area (Å²) < 4.78 is 12.2. The molecule has 0 unspecified atom stereocenters. The van der Waals surface area contributed by atoms with Crippen LogP contribution in [-0.2, 0) is 11.4 Å². The lowest BCUT2D eigenvalue weighted by Crippen LogP contribution is -2.27. The molecule has 1 fully saturated rings. The number of thiocarbonyl (C=S) groups is 1. The Kier molecular flexibility index (Phi) is 7.48. The Bertz CT molecular complexity index is 1320. The second kappa shape index (κ2) is 10.7. The summed E-state index contributed by atoms with van der Waals surface area (Å²) >= 11 is 6.73. The molecule has 4 rings (SSSR count). The summed E-state index contributed by atoms with van der Waals surface area (Å²) in [6, 6.07) is 19.3. The lowest BCUT2D eigenvalue weighted by atomic mass is 10.1. The van der Waals surface area contributed by atoms with Gasteiger partial charge in [0.1, 0.15) is 6.61 Å². The second-order valence-corrected chi connectivity index (χ2v) is 9.38. The molecule has 1 aliphatic rings. The molecule has 0 bridgehead atoms. The molecule has 3 aromatic rings. The van der Waals surface area contributed by atoms with Gasteiger partial charge in [0.2, 0.25) is 0 Å². The third-order valence-corrected chi connectivity index (χ3v) is 6.46. The largest absolute Gasteiger partial charge is 0.490 e. The molecule has 0 spiro atoms. The Morgan fingerprint density at radius 3 is 2.51 bits per heavy atom. The summed E-state index contributed by atoms with van der Waals surface area (Å²) in [6.45, 7) is 4.51. The number of hydrogen-bond acceptors (Lipinski definition) is 7. The molecule has 1 heterocycles. The van der Waals surface area contributed by atoms with E-state index in [1.807, 2.05) is 50.2 Å². The zero-order valence-electron chi connectivity index (χ0n) is 19.1. The number of aryl methyl sites for hydroxylation is 1. The molecule has 1 aliphatic heterocycles. The second-order valence-electron chi connectivity index (χ2n) is 7.71. The highest BCUT2D eigenvalue weighted by Gasteiger charge is 2.33. The summed E-state index contributed by atoms with van der Waals surface area (Å²) in [5.74, 6) is 0.911. The van der Waals surface area contributed by atoms with Gasteiger partial charge in [-0.05, 0) is 73.0 Å². The smallest absolute Gasteiger partial charge is 0.270 e. The minimum Gasteiger partial charge on any atom is -0.490 e. The standard InChI is InChI=1S/C26H22N2O5S2/c1-3-32-23-14-19(9-12-22(23)33-16-18-7-10-20(11-8-18)28(30)31)15-24-25(29)27(26(34)35-24)21-6-4-5-17(2)13-21/h4-15H,3,16H2,1-2H3/b24-15-. The minimum absolute atomic E-state index is 0.0286. The van der Waals surface area contributed by atoms with E-state index in [9.17, 15) is 14.9 Å². The normalized spacial score (nSPS) is 14.5. The highest BCUT2D eigenvalue weighted by Crippen LogP contribution is 2.37. The number of non-ortho nitro benzene ring substituents is 1. The first-order valence-electron chi connectivity index (χ1n) is 10.8. The molecule has 0 saturated carbocycles. The van der Waals surface area contributed by atoms with Crippen molar-refractivity contribution in [3.8, 4) is 11.5 Å². The molecule has 178 valence electrons. The Morgan fingerprint density at radius 1 is 1.06 bits per heavy atom. The van der Waals surface area contributed by atoms with E-state index in [2.05, 4.69) is 0 Å². The molecule has 3 aromatic carbocycles. The maximum Gasteiger partial charge on any atom is 0.270 e. The molecule has 0 atom stereocenters. The maximum absolute atomic E-state index is 13.1. The number of nitro groups is 1. The third-order valence-electron chi connectivity index (χ3n) is 5.16. The van der Waals surface area contributed by atoms with E-state index in [0.29, 0.717) is 27.3 Å². The molecule has 0 radical (unpaired) electrons. The van der Waals surface area contributed by atoms with Gasteiger partial charge in [-0.25, -0.2) is 0 Å². The van der Waals surface area contributed by atoms with Crippen LogP contribution in [0.3, 0.4) is 0 Å². The number of rotatable bonds is 8. The van der Waals surface area contributed by atoms with Gasteiger partial charge in [0.05, 0.1) is 22.1 Å². The SMILES string of the molecule is CCOc1cc(/C=C2\SC(=S)N(c3cccc(C)c3)C2=O)ccc1OCc1ccc([N+](=O)[O-])cc1. The fourth-order valence-corrected chi connectivity index (χ4v) is 4.78. The first kappa shape index (κ1) is 24.4. The molecule has 0 aliphatic carbocycles. The first-order chi connectivity index (χ1) is 16.9. The number of carbonyl (C=O) groups is 1. The Labute approximate surface area is 212 Å². The van der Waals surface area contributed by atoms with Crippen LogP contribution in [-0.4, -0.2) is 21.8 Å². The van der Waals surface area contributed by atoms with Crippen molar-refractivity contribution in [1.82, 2.24) is 0 Å². The number of carbonyl (C=O) groups excluding carboxylic acids is 1. The molecular weight excluding hydrogens is 484 g/mol. The van der Waals surface area contributed by atoms with Gasteiger partial charge in [-0.1, -0.05) is 42.2 Å². The van der Waals surface area contributed by atoms with Crippen LogP contribution in [0.2, 0.25) is 0 Å². The third kappa shape index (κ3) is 5.70. The van der Waals surface area contributed by atoms with E-state index >= 15 is 0 Å². The summed E-state index contributed by atoms with van der Waals surface area (Å²) in [7, 11) is 0. The van der Waals surface area contributed by atoms with Crippen molar-refractivity contribution in [2.45, 2.75) is 20.5 Å². The fourth-order valence-electron chi connectivity index (χ4n) is 3.49. The van der Waals surface area contributed by atoms with Crippen molar-refractivity contribution in [2.75, 3.05) is 11.5 Å². The van der Waals surface area contributed by atoms with Crippen LogP contribution in [0.15, 0.2) is 71.6 Å². The lowest BCUT2D eigenvalue weighted by molar-refractivity contribution is -0.384. The lowest BCUT2D eigenvalue weighted by Gasteiger charge is -2.15. The van der Waals surface area contributed by atoms with E-state index < -0.39 is 4.92 Å². The number of nitro benzene ring substituents is 1. The van der Waals surface area contributed by atoms with Gasteiger partial charge in [-0.3, -0.25) is 19.8 Å². The summed E-state index contributed by atoms with van der Waals surface area (Å²) in [4.78, 5) is 25.5. The number of amides is 1. The molecule has 9 heteroatoms. The number of ether oxygens (including phenoxy) is 2. The summed E-state index contributed by atoms with van der Waals surface area (Å²) in [6.07, 6.45) is 1.79. The number of anilines is 1. The zero-order chi connectivity index (χ0) is 24.9. The molecule has 0 N–H and O–H groups in total. The minimum atomic E-state index is -0.439. The van der Waals surface area contributed by atoms with Gasteiger partial charge in [0.15, 0.2) is 15.8 Å². The Morgan fingerprint density at radius 2 is 1.83 bits per heavy atom. The summed E-state index contributed by atoms with van der Waals surface area (Å²) in [5, 5.41) is 10.8. The van der Waals surface area contributed by atoms with Gasteiger partial charge in [0, 0.05) is 12.1 Å². The van der Waals surface area contributed by atoms with Gasteiger partial charge in [-0.2, -0.15) is 0 Å². The summed E-state index contributed by atoms with van der Waals surface area (Å²) in [5.41, 5.74) is 3.40. The van der Waals surface area contributed by atoms with Gasteiger partial charge in [-0.15, -0.1) is 0 Å². The highest BCUT2D eigenvalue weighted by atomic mass is 32.2. The van der Waals surface area contributed by atoms with Crippen LogP contribution in [0.5, 0.6) is 11.5 Å². The molecular formula is C26H22N2O5S2. The molecule has 1 amide bonds. The number of nitrogens with zero attached hydrogens (tertiary/aromatic N) is 2. The van der Waals surface area contributed by atoms with Crippen molar-refractivity contribution in [2.24, 2.45) is 0 Å². The van der Waals surface area contributed by atoms with E-state index in [4.69, 9.17) is 21.7 Å². The van der Waals surface area contributed by atoms with Crippen molar-refractivity contribution < 1.29 is 19.2 Å². The van der Waals surface area contributed by atoms with Gasteiger partial charge in [0.25, 0.3) is 11.6 Å². The van der Waals surface area contributed by atoms with Crippen molar-refractivity contribution in [1.29, 1.82) is 0 Å². The van der Waals surface area contributed by atoms with Crippen LogP contribution in [0.1, 0.15) is 23.6 Å². The van der Waals surface area contributed by atoms with Crippen molar-refractivity contribution in [3.63, 3.8) is 0 Å². The number of hydrogen-bond donors (Lipinski definition) is 0. The van der Waals surface area contributed by atoms with Crippen LogP contribution in [0, 0.1) is 17.0 Å². The van der Waals surface area contributed by atoms with Crippen LogP contribution in [0.25, 0.3) is 6.08 Å². The Hall–Kier alpha value is -3.69. The van der Waals surface area contributed by atoms with Crippen LogP contribution in [0.4, 0.5) is 11.4 Å². The number of thioether (sulfide) groups is 1. The van der Waals surface area contributed by atoms with E-state index in [1.54, 1.807) is 29.2 Å². The molecule has 0 aromatic heterocycles. The molecule has 1 saturated heterocycles. The van der Waals surface area contributed by atoms with E-state index in [-0.39, 0.29) is 18.2 Å². The quantitative estimate of drug-likeness (QED) is 0.154. The van der Waals surface area contributed by atoms with E-state index in [1.165, 1.54) is 23.9 Å². The van der Waals surface area contributed by atoms with Gasteiger partial charge < -0.3 is 9.47 Å². The molecule has 7 nitrogen and oxygen atoms in total. The van der Waals surface area contributed by atoms with Gasteiger partial charge >= 0.3 is 0 Å². The average molecular weight is 507 g/mol. The maximum atomic E-state index is 13.1. The highest BCUT2D eigenvalue weighted by molar-refractivity contribution is 8.27.